The zero-order chi connectivity index (χ0) is 22.9. The lowest BCUT2D eigenvalue weighted by Gasteiger charge is -2.29. The zero-order valence-electron chi connectivity index (χ0n) is 18.7. The smallest absolute Gasteiger partial charge is 0.133 e. The Hall–Kier alpha value is -1.80. The first-order chi connectivity index (χ1) is 14.6. The Balaban J connectivity index is 1.78. The molecule has 2 aromatic carbocycles. The van der Waals surface area contributed by atoms with Crippen molar-refractivity contribution in [3.63, 3.8) is 0 Å². The lowest BCUT2D eigenvalue weighted by atomic mass is 10.0. The van der Waals surface area contributed by atoms with E-state index in [-0.39, 0.29) is 13.2 Å². The van der Waals surface area contributed by atoms with Crippen molar-refractivity contribution in [1.82, 2.24) is 0 Å². The number of aliphatic hydroxyl groups is 4. The van der Waals surface area contributed by atoms with Gasteiger partial charge in [0, 0.05) is 5.41 Å². The quantitative estimate of drug-likeness (QED) is 0.462. The van der Waals surface area contributed by atoms with Crippen molar-refractivity contribution in [3.8, 4) is 0 Å². The van der Waals surface area contributed by atoms with E-state index in [0.29, 0.717) is 0 Å². The Morgan fingerprint density at radius 3 is 1.39 bits per heavy atom. The maximum Gasteiger partial charge on any atom is 0.133 e. The minimum atomic E-state index is -1.80. The second-order valence-electron chi connectivity index (χ2n) is 8.98. The molecule has 4 N–H and O–H groups in total. The summed E-state index contributed by atoms with van der Waals surface area (Å²) in [5.41, 5.74) is -0.731. The van der Waals surface area contributed by atoms with Crippen LogP contribution in [0.2, 0.25) is 0 Å². The van der Waals surface area contributed by atoms with Gasteiger partial charge in [-0.15, -0.1) is 0 Å². The number of hydrogen-bond donors (Lipinski definition) is 4. The average Bonchev–Trinajstić information content (AvgIpc) is 3.11. The van der Waals surface area contributed by atoms with Crippen LogP contribution in [0, 0.1) is 19.3 Å². The Kier molecular flexibility index (Phi) is 6.91. The molecule has 2 aromatic rings. The van der Waals surface area contributed by atoms with E-state index in [2.05, 4.69) is 0 Å². The van der Waals surface area contributed by atoms with Crippen LogP contribution in [-0.4, -0.2) is 57.0 Å². The van der Waals surface area contributed by atoms with Gasteiger partial charge in [-0.3, -0.25) is 0 Å². The van der Waals surface area contributed by atoms with Crippen LogP contribution in [0.1, 0.15) is 36.1 Å². The Morgan fingerprint density at radius 2 is 1.06 bits per heavy atom. The molecule has 0 spiro atoms. The Labute approximate surface area is 184 Å². The van der Waals surface area contributed by atoms with Crippen molar-refractivity contribution in [1.29, 1.82) is 0 Å². The topological polar surface area (TPSA) is 99.4 Å². The van der Waals surface area contributed by atoms with Gasteiger partial charge in [-0.05, 0) is 36.1 Å². The number of aliphatic hydroxyl groups excluding tert-OH is 2. The van der Waals surface area contributed by atoms with Gasteiger partial charge < -0.3 is 29.9 Å². The molecule has 1 fully saturated rings. The summed E-state index contributed by atoms with van der Waals surface area (Å²) >= 11 is 0. The third-order valence-corrected chi connectivity index (χ3v) is 7.09. The van der Waals surface area contributed by atoms with Crippen molar-refractivity contribution in [2.45, 2.75) is 64.3 Å². The molecule has 0 aromatic heterocycles. The molecule has 1 saturated carbocycles. The van der Waals surface area contributed by atoms with Gasteiger partial charge in [0.05, 0.1) is 26.4 Å². The lowest BCUT2D eigenvalue weighted by molar-refractivity contribution is -0.159. The van der Waals surface area contributed by atoms with E-state index in [4.69, 9.17) is 9.47 Å². The van der Waals surface area contributed by atoms with Crippen molar-refractivity contribution in [2.75, 3.05) is 13.2 Å². The molecule has 6 heteroatoms. The second-order valence-corrected chi connectivity index (χ2v) is 8.98. The van der Waals surface area contributed by atoms with Crippen LogP contribution in [0.25, 0.3) is 0 Å². The van der Waals surface area contributed by atoms with Gasteiger partial charge in [0.1, 0.15) is 23.4 Å². The average molecular weight is 431 g/mol. The van der Waals surface area contributed by atoms with Gasteiger partial charge in [0.25, 0.3) is 0 Å². The lowest BCUT2D eigenvalue weighted by Crippen LogP contribution is -2.49. The van der Waals surface area contributed by atoms with Crippen LogP contribution in [0.4, 0.5) is 0 Å². The molecule has 0 bridgehead atoms. The molecule has 0 aliphatic heterocycles. The molecule has 1 aliphatic carbocycles. The van der Waals surface area contributed by atoms with Crippen molar-refractivity contribution >= 4 is 0 Å². The molecule has 0 radical (unpaired) electrons. The van der Waals surface area contributed by atoms with E-state index in [9.17, 15) is 20.4 Å². The summed E-state index contributed by atoms with van der Waals surface area (Å²) in [5.74, 6) is 0. The Morgan fingerprint density at radius 1 is 0.710 bits per heavy atom. The van der Waals surface area contributed by atoms with E-state index >= 15 is 0 Å². The molecular weight excluding hydrogens is 396 g/mol. The maximum absolute atomic E-state index is 11.5. The zero-order valence-corrected chi connectivity index (χ0v) is 18.7. The van der Waals surface area contributed by atoms with Crippen LogP contribution >= 0.6 is 0 Å². The molecule has 1 aliphatic rings. The fourth-order valence-electron chi connectivity index (χ4n) is 4.73. The van der Waals surface area contributed by atoms with E-state index < -0.39 is 42.0 Å². The number of ether oxygens (including phenoxy) is 2. The molecule has 0 amide bonds. The highest BCUT2D eigenvalue weighted by Crippen LogP contribution is 2.69. The molecule has 4 atom stereocenters. The van der Waals surface area contributed by atoms with Crippen molar-refractivity contribution < 1.29 is 29.9 Å². The van der Waals surface area contributed by atoms with Crippen LogP contribution in [0.3, 0.4) is 0 Å². The molecular formula is C25H34O6. The van der Waals surface area contributed by atoms with Crippen molar-refractivity contribution in [2.24, 2.45) is 5.41 Å². The molecule has 170 valence electrons. The highest BCUT2D eigenvalue weighted by molar-refractivity contribution is 5.37. The van der Waals surface area contributed by atoms with Crippen LogP contribution in [-0.2, 0) is 22.7 Å². The summed E-state index contributed by atoms with van der Waals surface area (Å²) in [7, 11) is 0. The molecule has 31 heavy (non-hydrogen) atoms. The van der Waals surface area contributed by atoms with Gasteiger partial charge in [-0.2, -0.15) is 0 Å². The van der Waals surface area contributed by atoms with Gasteiger partial charge in [-0.25, -0.2) is 0 Å². The normalized spacial score (nSPS) is 26.5. The van der Waals surface area contributed by atoms with Gasteiger partial charge in [0.2, 0.25) is 0 Å². The third kappa shape index (κ3) is 3.82. The first-order valence-electron chi connectivity index (χ1n) is 10.6. The minimum absolute atomic E-state index is 0.181. The fourth-order valence-corrected chi connectivity index (χ4v) is 4.73. The first-order valence-corrected chi connectivity index (χ1v) is 10.6. The molecule has 0 heterocycles. The summed E-state index contributed by atoms with van der Waals surface area (Å²) in [6.07, 6.45) is -2.11. The number of hydrogen-bond acceptors (Lipinski definition) is 6. The standard InChI is InChI=1S/C25H34O6/c1-17-9-5-7-11-19(17)15-30-21(13-26)24(28)23(3,4)25(24,29)22(14-27)31-16-20-12-8-6-10-18(20)2/h5-12,21-22,26-29H,13-16H2,1-4H3/t21-,22-,24+,25+/m0/s1. The van der Waals surface area contributed by atoms with Crippen LogP contribution in [0.15, 0.2) is 48.5 Å². The number of rotatable bonds is 10. The molecule has 0 saturated heterocycles. The SMILES string of the molecule is Cc1ccccc1CO[C@@H](CO)[C@@]1(O)C(C)(C)[C@]1(O)[C@H](CO)OCc1ccccc1C. The Bertz CT molecular complexity index is 826. The highest BCUT2D eigenvalue weighted by Gasteiger charge is 2.88. The fraction of sp³-hybridized carbons (Fsp3) is 0.520. The summed E-state index contributed by atoms with van der Waals surface area (Å²) in [4.78, 5) is 0. The molecule has 0 unspecified atom stereocenters. The third-order valence-electron chi connectivity index (χ3n) is 7.09. The largest absolute Gasteiger partial charge is 0.394 e. The van der Waals surface area contributed by atoms with Gasteiger partial charge >= 0.3 is 0 Å². The van der Waals surface area contributed by atoms with E-state index in [0.717, 1.165) is 22.3 Å². The van der Waals surface area contributed by atoms with Crippen LogP contribution < -0.4 is 0 Å². The number of benzene rings is 2. The van der Waals surface area contributed by atoms with Crippen LogP contribution in [0.5, 0.6) is 0 Å². The first kappa shape index (κ1) is 23.9. The monoisotopic (exact) mass is 430 g/mol. The summed E-state index contributed by atoms with van der Waals surface area (Å²) in [6.45, 7) is 6.69. The van der Waals surface area contributed by atoms with E-state index in [1.54, 1.807) is 13.8 Å². The van der Waals surface area contributed by atoms with Gasteiger partial charge in [0.15, 0.2) is 0 Å². The van der Waals surface area contributed by atoms with E-state index in [1.165, 1.54) is 0 Å². The predicted octanol–water partition coefficient (Wildman–Crippen LogP) is 2.26. The van der Waals surface area contributed by atoms with E-state index in [1.807, 2.05) is 62.4 Å². The summed E-state index contributed by atoms with van der Waals surface area (Å²) < 4.78 is 11.8. The minimum Gasteiger partial charge on any atom is -0.394 e. The summed E-state index contributed by atoms with van der Waals surface area (Å²) in [6, 6.07) is 15.4. The second kappa shape index (κ2) is 8.98. The number of aryl methyl sites for hydroxylation is 2. The predicted molar refractivity (Wildman–Crippen MR) is 117 cm³/mol. The van der Waals surface area contributed by atoms with Crippen molar-refractivity contribution in [3.05, 3.63) is 70.8 Å². The highest BCUT2D eigenvalue weighted by atomic mass is 16.5. The molecule has 6 nitrogen and oxygen atoms in total. The summed E-state index contributed by atoms with van der Waals surface area (Å²) in [5, 5.41) is 43.0. The molecule has 3 rings (SSSR count). The van der Waals surface area contributed by atoms with Gasteiger partial charge in [-0.1, -0.05) is 62.4 Å². The maximum atomic E-state index is 11.5.